The summed E-state index contributed by atoms with van der Waals surface area (Å²) < 4.78 is 89.5. The topological polar surface area (TPSA) is 491 Å². The Kier molecular flexibility index (Phi) is 48.4. The third-order valence-electron chi connectivity index (χ3n) is 22.4. The monoisotopic (exact) mass is 1680 g/mol. The van der Waals surface area contributed by atoms with E-state index in [1.807, 2.05) is 13.8 Å². The highest BCUT2D eigenvalue weighted by molar-refractivity contribution is 7.47. The van der Waals surface area contributed by atoms with Crippen molar-refractivity contribution in [3.8, 4) is 0 Å². The number of likely N-dealkylation sites (tertiary alicyclic amines) is 3. The van der Waals surface area contributed by atoms with E-state index in [9.17, 15) is 98.7 Å². The molecule has 34 nitrogen and oxygen atoms in total. The number of carbonyl (C=O) groups is 6. The highest BCUT2D eigenvalue weighted by atomic mass is 31.2. The van der Waals surface area contributed by atoms with E-state index in [-0.39, 0.29) is 93.9 Å². The molecule has 0 spiro atoms. The number of β-amino-alcohol motifs (C(OH)–C–C–N with tert-alkyl or cyclic N) is 1. The molecule has 0 aromatic carbocycles. The minimum Gasteiger partial charge on any atom is -0.394 e. The summed E-state index contributed by atoms with van der Waals surface area (Å²) in [6, 6.07) is -2.21. The Bertz CT molecular complexity index is 2860. The molecule has 114 heavy (non-hydrogen) atoms. The number of aliphatic hydroxyl groups is 10. The predicted molar refractivity (Wildman–Crippen MR) is 413 cm³/mol. The van der Waals surface area contributed by atoms with Crippen LogP contribution in [0.2, 0.25) is 0 Å². The molecule has 6 aliphatic heterocycles. The zero-order valence-corrected chi connectivity index (χ0v) is 70.1. The van der Waals surface area contributed by atoms with Gasteiger partial charge < -0.3 is 109 Å². The number of hydrogen-bond acceptors (Lipinski definition) is 29. The lowest BCUT2D eigenvalue weighted by molar-refractivity contribution is -0.282. The van der Waals surface area contributed by atoms with Gasteiger partial charge in [0.1, 0.15) is 54.0 Å². The molecule has 36 heteroatoms. The van der Waals surface area contributed by atoms with E-state index in [2.05, 4.69) is 0 Å². The van der Waals surface area contributed by atoms with Gasteiger partial charge in [-0.15, -0.1) is 0 Å². The molecule has 12 N–H and O–H groups in total. The zero-order valence-electron chi connectivity index (χ0n) is 68.3. The van der Waals surface area contributed by atoms with Crippen molar-refractivity contribution in [1.82, 2.24) is 14.7 Å². The van der Waals surface area contributed by atoms with Crippen molar-refractivity contribution in [2.24, 2.45) is 17.8 Å². The fourth-order valence-corrected chi connectivity index (χ4v) is 17.4. The standard InChI is InChI=1S/C76H135N3O31P2.C2H6/c1-50-68(90)71(93)62(44-80)106-74(50)101-35-23-11-17-29-56(83)26-14-5-8-20-32-65(87)77-41-59(86)38-53(77)48-104-111(96,97)110-61-40-55(79(43-61)67(89)34-22-10-7-16-28-58(85)31-19-13-25-37-103-76-52(3)70(92)73(95)64(46-82)108-76)49-105-112(98,99)109-60-39-54(47-100-4)78(42-60)66(88)33-21-9-6-15-27-57(84)30-18-12-24-36-102-75-51(2)69(91)72(94)63(45-81)107-75;1-2/h50-55,59-64,68-76,80-82,86,90-95H,5-49H2,1-4H3,(H,96,97)(H,98,99);1-2H3/t50?,51?,52?,53-,54-,55-,59+,60+,61+,62?,63?,64?,68+,69+,70+,71-,72-,73-,74+,75+,76+;/m0./s1. The lowest BCUT2D eigenvalue weighted by Gasteiger charge is -2.40. The van der Waals surface area contributed by atoms with Crippen LogP contribution < -0.4 is 0 Å². The molecule has 6 heterocycles. The van der Waals surface area contributed by atoms with Gasteiger partial charge in [-0.3, -0.25) is 46.9 Å². The molecular weight excluding hydrogens is 1540 g/mol. The van der Waals surface area contributed by atoms with Gasteiger partial charge in [0.2, 0.25) is 17.7 Å². The molecule has 0 bridgehead atoms. The molecule has 6 saturated heterocycles. The van der Waals surface area contributed by atoms with E-state index in [4.69, 9.17) is 51.3 Å². The van der Waals surface area contributed by atoms with Crippen molar-refractivity contribution in [2.75, 3.05) is 86.2 Å². The van der Waals surface area contributed by atoms with Gasteiger partial charge in [0.05, 0.1) is 94.4 Å². The van der Waals surface area contributed by atoms with Gasteiger partial charge in [-0.25, -0.2) is 9.13 Å². The van der Waals surface area contributed by atoms with Crippen molar-refractivity contribution < 1.29 is 150 Å². The smallest absolute Gasteiger partial charge is 0.394 e. The number of ether oxygens (including phenoxy) is 7. The SMILES string of the molecule is CC.COC[C@@H]1C[C@@H](OP(=O)(O)OC[C@@H]2C[C@@H](OP(=O)(O)OC[C@@H]3C[C@@H](O)CN3C(=O)CCCCCCC(=O)CCCCCO[C@@H]3OC(CO)[C@H](O)[C@H](O)C3C)CN2C(=O)CCCCCCC(=O)CCCCCO[C@@H]2OC(CO)[C@H](O)[C@H](O)C2C)CN1C(=O)CCCCCCC(=O)CCCCCO[C@@H]1OC(CO)[C@H](O)[C@H](O)C1C. The number of phosphoric ester groups is 2. The number of amides is 3. The number of phosphoric acid groups is 2. The summed E-state index contributed by atoms with van der Waals surface area (Å²) >= 11 is 0. The molecule has 6 aliphatic rings. The first-order valence-corrected chi connectivity index (χ1v) is 45.1. The zero-order chi connectivity index (χ0) is 83.9. The Morgan fingerprint density at radius 2 is 0.632 bits per heavy atom. The highest BCUT2D eigenvalue weighted by Crippen LogP contribution is 2.50. The Balaban J connectivity index is 0.0000115. The Hall–Kier alpha value is -3.04. The van der Waals surface area contributed by atoms with E-state index >= 15 is 0 Å². The molecule has 0 radical (unpaired) electrons. The molecule has 23 atom stereocenters. The second-order valence-electron chi connectivity index (χ2n) is 31.5. The van der Waals surface area contributed by atoms with Gasteiger partial charge in [0.25, 0.3) is 0 Å². The molecular formula is C78H141N3O31P2. The minimum atomic E-state index is -4.94. The average Bonchev–Trinajstić information content (AvgIpc) is 1.56. The lowest BCUT2D eigenvalue weighted by atomic mass is 9.92. The second kappa shape index (κ2) is 54.4. The maximum Gasteiger partial charge on any atom is 0.472 e. The number of aliphatic hydroxyl groups excluding tert-OH is 10. The number of rotatable bonds is 57. The first-order chi connectivity index (χ1) is 54.5. The van der Waals surface area contributed by atoms with E-state index in [0.29, 0.717) is 174 Å². The first kappa shape index (κ1) is 102. The quantitative estimate of drug-likeness (QED) is 0.0264. The molecule has 0 aromatic rings. The summed E-state index contributed by atoms with van der Waals surface area (Å²) in [6.45, 7) is 7.49. The highest BCUT2D eigenvalue weighted by Gasteiger charge is 2.48. The van der Waals surface area contributed by atoms with Crippen molar-refractivity contribution in [1.29, 1.82) is 0 Å². The van der Waals surface area contributed by atoms with Gasteiger partial charge >= 0.3 is 15.6 Å². The minimum absolute atomic E-state index is 0.0186. The summed E-state index contributed by atoms with van der Waals surface area (Å²) in [5.74, 6) is -2.01. The number of methoxy groups -OCH3 is 1. The van der Waals surface area contributed by atoms with Gasteiger partial charge in [-0.1, -0.05) is 92.4 Å². The van der Waals surface area contributed by atoms with Crippen LogP contribution in [0.1, 0.15) is 247 Å². The normalized spacial score (nSPS) is 30.9. The number of nitrogens with zero attached hydrogens (tertiary/aromatic N) is 3. The average molecular weight is 1680 g/mol. The van der Waals surface area contributed by atoms with Crippen LogP contribution in [0.4, 0.5) is 0 Å². The molecule has 0 aromatic heterocycles. The molecule has 0 saturated carbocycles. The van der Waals surface area contributed by atoms with Gasteiger partial charge in [0, 0.05) is 122 Å². The Morgan fingerprint density at radius 3 is 0.921 bits per heavy atom. The summed E-state index contributed by atoms with van der Waals surface area (Å²) in [6.07, 6.45) is 1.20. The third-order valence-corrected chi connectivity index (χ3v) is 24.5. The summed E-state index contributed by atoms with van der Waals surface area (Å²) in [5, 5.41) is 100. The van der Waals surface area contributed by atoms with E-state index in [0.717, 1.165) is 19.3 Å². The number of ketones is 3. The Morgan fingerprint density at radius 1 is 0.368 bits per heavy atom. The molecule has 6 fully saturated rings. The fourth-order valence-electron chi connectivity index (χ4n) is 15.5. The second-order valence-corrected chi connectivity index (χ2v) is 34.3. The molecule has 664 valence electrons. The summed E-state index contributed by atoms with van der Waals surface area (Å²) in [5.41, 5.74) is 0. The third kappa shape index (κ3) is 35.2. The van der Waals surface area contributed by atoms with Crippen molar-refractivity contribution in [3.63, 3.8) is 0 Å². The largest absolute Gasteiger partial charge is 0.472 e. The van der Waals surface area contributed by atoms with E-state index in [1.165, 1.54) is 16.9 Å². The van der Waals surface area contributed by atoms with Crippen molar-refractivity contribution >= 4 is 50.7 Å². The van der Waals surface area contributed by atoms with Crippen LogP contribution >= 0.6 is 15.6 Å². The van der Waals surface area contributed by atoms with Gasteiger partial charge in [0.15, 0.2) is 18.9 Å². The lowest BCUT2D eigenvalue weighted by Crippen LogP contribution is -2.55. The van der Waals surface area contributed by atoms with E-state index in [1.54, 1.807) is 25.7 Å². The number of Topliss-reactive ketones (excluding diaryl/α,β-unsaturated/α-hetero) is 3. The van der Waals surface area contributed by atoms with Crippen LogP contribution in [-0.4, -0.2) is 307 Å². The first-order valence-electron chi connectivity index (χ1n) is 42.1. The molecule has 8 unspecified atom stereocenters. The van der Waals surface area contributed by atoms with Gasteiger partial charge in [-0.2, -0.15) is 0 Å². The van der Waals surface area contributed by atoms with Crippen LogP contribution in [0, 0.1) is 17.8 Å². The van der Waals surface area contributed by atoms with Crippen LogP contribution in [0.25, 0.3) is 0 Å². The fraction of sp³-hybridized carbons (Fsp3) is 0.923. The number of unbranched alkanes of at least 4 members (excludes halogenated alkanes) is 15. The van der Waals surface area contributed by atoms with Gasteiger partial charge in [-0.05, 0) is 96.3 Å². The summed E-state index contributed by atoms with van der Waals surface area (Å²) in [7, 11) is -8.38. The van der Waals surface area contributed by atoms with Crippen molar-refractivity contribution in [3.05, 3.63) is 0 Å². The number of hydrogen-bond donors (Lipinski definition) is 12. The Labute approximate surface area is 673 Å². The van der Waals surface area contributed by atoms with Crippen LogP contribution in [0.15, 0.2) is 0 Å². The number of carbonyl (C=O) groups excluding carboxylic acids is 6. The predicted octanol–water partition coefficient (Wildman–Crippen LogP) is 5.51. The molecule has 6 rings (SSSR count). The summed E-state index contributed by atoms with van der Waals surface area (Å²) in [4.78, 5) is 106. The maximum absolute atomic E-state index is 14.1. The van der Waals surface area contributed by atoms with Crippen molar-refractivity contribution in [2.45, 2.75) is 357 Å². The van der Waals surface area contributed by atoms with Crippen LogP contribution in [0.3, 0.4) is 0 Å². The molecule has 0 aliphatic carbocycles. The molecule has 3 amide bonds. The maximum atomic E-state index is 14.1. The van der Waals surface area contributed by atoms with Crippen LogP contribution in [0.5, 0.6) is 0 Å². The van der Waals surface area contributed by atoms with Crippen LogP contribution in [-0.2, 0) is 89.2 Å². The van der Waals surface area contributed by atoms with E-state index < -0.39 is 183 Å².